The lowest BCUT2D eigenvalue weighted by Gasteiger charge is -2.32. The quantitative estimate of drug-likeness (QED) is 0.828. The topological polar surface area (TPSA) is 75.4 Å². The first kappa shape index (κ1) is 17.0. The number of carbonyl (C=O) groups excluding carboxylic acids is 2. The van der Waals surface area contributed by atoms with E-state index in [2.05, 4.69) is 36.5 Å². The molecular weight excluding hydrogens is 302 g/mol. The molecule has 5 nitrogen and oxygen atoms in total. The number of carbonyl (C=O) groups is 2. The summed E-state index contributed by atoms with van der Waals surface area (Å²) in [6.07, 6.45) is 4.82. The van der Waals surface area contributed by atoms with E-state index in [1.54, 1.807) is 0 Å². The van der Waals surface area contributed by atoms with E-state index < -0.39 is 0 Å². The average Bonchev–Trinajstić information content (AvgIpc) is 3.26. The van der Waals surface area contributed by atoms with Gasteiger partial charge in [-0.3, -0.25) is 14.5 Å². The number of nitrogens with one attached hydrogen (secondary N) is 1. The molecule has 0 radical (unpaired) electrons. The zero-order valence-corrected chi connectivity index (χ0v) is 14.4. The summed E-state index contributed by atoms with van der Waals surface area (Å²) in [5.41, 5.74) is 7.75. The molecule has 2 fully saturated rings. The number of hydrogen-bond acceptors (Lipinski definition) is 3. The summed E-state index contributed by atoms with van der Waals surface area (Å²) < 4.78 is 0. The van der Waals surface area contributed by atoms with Crippen LogP contribution in [0.3, 0.4) is 0 Å². The van der Waals surface area contributed by atoms with Crippen LogP contribution in [0.1, 0.15) is 36.8 Å². The lowest BCUT2D eigenvalue weighted by atomic mass is 9.95. The highest BCUT2D eigenvalue weighted by Crippen LogP contribution is 2.39. The van der Waals surface area contributed by atoms with E-state index in [4.69, 9.17) is 5.73 Å². The van der Waals surface area contributed by atoms with Crippen LogP contribution in [-0.4, -0.2) is 41.9 Å². The summed E-state index contributed by atoms with van der Waals surface area (Å²) in [6.45, 7) is 3.83. The van der Waals surface area contributed by atoms with Crippen LogP contribution in [0.5, 0.6) is 0 Å². The Bertz CT molecular complexity index is 625. The van der Waals surface area contributed by atoms with Gasteiger partial charge >= 0.3 is 0 Å². The summed E-state index contributed by atoms with van der Waals surface area (Å²) in [5.74, 6) is -0.225. The van der Waals surface area contributed by atoms with Gasteiger partial charge < -0.3 is 11.1 Å². The van der Waals surface area contributed by atoms with Crippen molar-refractivity contribution in [3.05, 3.63) is 35.4 Å². The van der Waals surface area contributed by atoms with Crippen LogP contribution < -0.4 is 11.1 Å². The minimum absolute atomic E-state index is 0.0342. The third-order valence-electron chi connectivity index (χ3n) is 5.12. The van der Waals surface area contributed by atoms with E-state index in [-0.39, 0.29) is 29.8 Å². The van der Waals surface area contributed by atoms with Crippen molar-refractivity contribution in [2.45, 2.75) is 44.6 Å². The number of aryl methyl sites for hydroxylation is 1. The van der Waals surface area contributed by atoms with Crippen molar-refractivity contribution in [3.8, 4) is 0 Å². The highest BCUT2D eigenvalue weighted by molar-refractivity contribution is 5.80. The van der Waals surface area contributed by atoms with Gasteiger partial charge in [-0.05, 0) is 51.1 Å². The number of primary amides is 1. The Labute approximate surface area is 143 Å². The molecule has 24 heavy (non-hydrogen) atoms. The van der Waals surface area contributed by atoms with Gasteiger partial charge in [-0.15, -0.1) is 0 Å². The largest absolute Gasteiger partial charge is 0.369 e. The molecule has 5 heteroatoms. The van der Waals surface area contributed by atoms with E-state index >= 15 is 0 Å². The second-order valence-corrected chi connectivity index (χ2v) is 7.48. The van der Waals surface area contributed by atoms with Crippen LogP contribution >= 0.6 is 0 Å². The number of benzene rings is 1. The maximum Gasteiger partial charge on any atom is 0.231 e. The fraction of sp³-hybridized carbons (Fsp3) is 0.579. The standard InChI is InChI=1S/C19H27N3O2/c1-14-4-2-5-15(10-14)11-19(7-8-19)21-18(24)16-6-3-9-22(12-16)13-17(20)23/h2,4-5,10,16H,3,6-9,11-13H2,1H3,(H2,20,23)(H,21,24). The van der Waals surface area contributed by atoms with E-state index in [0.717, 1.165) is 38.6 Å². The van der Waals surface area contributed by atoms with Crippen LogP contribution in [0.4, 0.5) is 0 Å². The molecule has 1 unspecified atom stereocenters. The minimum Gasteiger partial charge on any atom is -0.369 e. The van der Waals surface area contributed by atoms with Gasteiger partial charge in [-0.2, -0.15) is 0 Å². The third kappa shape index (κ3) is 4.35. The molecule has 1 aliphatic heterocycles. The predicted octanol–water partition coefficient (Wildman–Crippen LogP) is 1.38. The van der Waals surface area contributed by atoms with Crippen molar-refractivity contribution in [1.82, 2.24) is 10.2 Å². The molecule has 0 bridgehead atoms. The summed E-state index contributed by atoms with van der Waals surface area (Å²) in [5, 5.41) is 3.30. The summed E-state index contributed by atoms with van der Waals surface area (Å²) >= 11 is 0. The van der Waals surface area contributed by atoms with Crippen molar-refractivity contribution in [1.29, 1.82) is 0 Å². The van der Waals surface area contributed by atoms with Gasteiger partial charge in [0.1, 0.15) is 0 Å². The van der Waals surface area contributed by atoms with Gasteiger partial charge in [-0.1, -0.05) is 29.8 Å². The highest BCUT2D eigenvalue weighted by atomic mass is 16.2. The monoisotopic (exact) mass is 329 g/mol. The van der Waals surface area contributed by atoms with Gasteiger partial charge in [0, 0.05) is 12.1 Å². The van der Waals surface area contributed by atoms with Gasteiger partial charge in [0.2, 0.25) is 11.8 Å². The first-order chi connectivity index (χ1) is 11.5. The molecule has 1 aliphatic carbocycles. The van der Waals surface area contributed by atoms with Crippen molar-refractivity contribution in [2.24, 2.45) is 11.7 Å². The summed E-state index contributed by atoms with van der Waals surface area (Å²) in [6, 6.07) is 8.50. The lowest BCUT2D eigenvalue weighted by Crippen LogP contribution is -2.49. The molecular formula is C19H27N3O2. The minimum atomic E-state index is -0.325. The van der Waals surface area contributed by atoms with E-state index in [1.165, 1.54) is 11.1 Å². The number of piperidine rings is 1. The van der Waals surface area contributed by atoms with Gasteiger partial charge in [0.25, 0.3) is 0 Å². The number of nitrogens with two attached hydrogens (primary N) is 1. The van der Waals surface area contributed by atoms with Crippen LogP contribution in [0.25, 0.3) is 0 Å². The molecule has 1 heterocycles. The maximum absolute atomic E-state index is 12.7. The Hall–Kier alpha value is -1.88. The number of amides is 2. The first-order valence-electron chi connectivity index (χ1n) is 8.84. The van der Waals surface area contributed by atoms with E-state index in [9.17, 15) is 9.59 Å². The fourth-order valence-corrected chi connectivity index (χ4v) is 3.71. The molecule has 0 spiro atoms. The molecule has 3 rings (SSSR count). The van der Waals surface area contributed by atoms with E-state index in [1.807, 2.05) is 4.90 Å². The Morgan fingerprint density at radius 3 is 2.83 bits per heavy atom. The average molecular weight is 329 g/mol. The van der Waals surface area contributed by atoms with Crippen molar-refractivity contribution < 1.29 is 9.59 Å². The molecule has 1 atom stereocenters. The molecule has 130 valence electrons. The zero-order chi connectivity index (χ0) is 17.2. The predicted molar refractivity (Wildman–Crippen MR) is 93.3 cm³/mol. The maximum atomic E-state index is 12.7. The van der Waals surface area contributed by atoms with Crippen molar-refractivity contribution >= 4 is 11.8 Å². The molecule has 0 aromatic heterocycles. The van der Waals surface area contributed by atoms with Gasteiger partial charge in [0.05, 0.1) is 12.5 Å². The SMILES string of the molecule is Cc1cccc(CC2(NC(=O)C3CCCN(CC(N)=O)C3)CC2)c1. The molecule has 2 aliphatic rings. The zero-order valence-electron chi connectivity index (χ0n) is 14.4. The third-order valence-corrected chi connectivity index (χ3v) is 5.12. The lowest BCUT2D eigenvalue weighted by molar-refractivity contribution is -0.129. The van der Waals surface area contributed by atoms with Crippen LogP contribution in [-0.2, 0) is 16.0 Å². The van der Waals surface area contributed by atoms with Gasteiger partial charge in [0.15, 0.2) is 0 Å². The molecule has 1 saturated heterocycles. The van der Waals surface area contributed by atoms with Crippen molar-refractivity contribution in [3.63, 3.8) is 0 Å². The molecule has 1 saturated carbocycles. The highest BCUT2D eigenvalue weighted by Gasteiger charge is 2.45. The molecule has 3 N–H and O–H groups in total. The van der Waals surface area contributed by atoms with Crippen molar-refractivity contribution in [2.75, 3.05) is 19.6 Å². The first-order valence-corrected chi connectivity index (χ1v) is 8.84. The molecule has 2 amide bonds. The van der Waals surface area contributed by atoms with Crippen LogP contribution in [0.2, 0.25) is 0 Å². The molecule has 1 aromatic rings. The Morgan fingerprint density at radius 2 is 2.17 bits per heavy atom. The van der Waals surface area contributed by atoms with Crippen LogP contribution in [0, 0.1) is 12.8 Å². The number of hydrogen-bond donors (Lipinski definition) is 2. The summed E-state index contributed by atoms with van der Waals surface area (Å²) in [4.78, 5) is 25.8. The Balaban J connectivity index is 1.57. The number of nitrogens with zero attached hydrogens (tertiary/aromatic N) is 1. The molecule has 1 aromatic carbocycles. The number of rotatable bonds is 6. The second-order valence-electron chi connectivity index (χ2n) is 7.48. The fourth-order valence-electron chi connectivity index (χ4n) is 3.71. The smallest absolute Gasteiger partial charge is 0.231 e. The Morgan fingerprint density at radius 1 is 1.38 bits per heavy atom. The van der Waals surface area contributed by atoms with Gasteiger partial charge in [-0.25, -0.2) is 0 Å². The Kier molecular flexibility index (Phi) is 4.90. The van der Waals surface area contributed by atoms with E-state index in [0.29, 0.717) is 6.54 Å². The summed E-state index contributed by atoms with van der Waals surface area (Å²) in [7, 11) is 0. The normalized spacial score (nSPS) is 22.8. The number of likely N-dealkylation sites (tertiary alicyclic amines) is 1. The second kappa shape index (κ2) is 6.93. The van der Waals surface area contributed by atoms with Crippen LogP contribution in [0.15, 0.2) is 24.3 Å².